The first-order valence-electron chi connectivity index (χ1n) is 15.3. The van der Waals surface area contributed by atoms with Crippen LogP contribution in [0.4, 0.5) is 0 Å². The second-order valence-corrected chi connectivity index (χ2v) is 11.6. The molecule has 0 aliphatic rings. The number of hydrogen-bond donors (Lipinski definition) is 0. The maximum Gasteiger partial charge on any atom is 0.136 e. The number of furan rings is 1. The molecule has 0 unspecified atom stereocenters. The normalized spacial score (nSPS) is 11.6. The maximum absolute atomic E-state index is 6.43. The van der Waals surface area contributed by atoms with Gasteiger partial charge in [-0.05, 0) is 80.2 Å². The molecule has 0 bridgehead atoms. The molecule has 0 spiro atoms. The largest absolute Gasteiger partial charge is 0.456 e. The van der Waals surface area contributed by atoms with Crippen LogP contribution < -0.4 is 0 Å². The van der Waals surface area contributed by atoms with Crippen molar-refractivity contribution in [1.29, 1.82) is 0 Å². The van der Waals surface area contributed by atoms with Gasteiger partial charge in [0.25, 0.3) is 0 Å². The van der Waals surface area contributed by atoms with E-state index in [0.29, 0.717) is 0 Å². The summed E-state index contributed by atoms with van der Waals surface area (Å²) in [5.41, 5.74) is 10.4. The Hall–Kier alpha value is -5.99. The van der Waals surface area contributed by atoms with Gasteiger partial charge in [-0.2, -0.15) is 0 Å². The van der Waals surface area contributed by atoms with Crippen LogP contribution in [-0.2, 0) is 0 Å². The number of pyridine rings is 1. The van der Waals surface area contributed by atoms with E-state index in [1.54, 1.807) is 0 Å². The number of nitrogens with zero attached hydrogens (tertiary/aromatic N) is 1. The number of rotatable bonds is 4. The molecule has 0 aliphatic carbocycles. The summed E-state index contributed by atoms with van der Waals surface area (Å²) in [5.74, 6) is 0. The Kier molecular flexibility index (Phi) is 5.85. The quantitative estimate of drug-likeness (QED) is 0.196. The zero-order valence-corrected chi connectivity index (χ0v) is 24.4. The zero-order chi connectivity index (χ0) is 29.7. The van der Waals surface area contributed by atoms with Crippen LogP contribution in [0.3, 0.4) is 0 Å². The fourth-order valence-electron chi connectivity index (χ4n) is 6.64. The van der Waals surface area contributed by atoms with Crippen molar-refractivity contribution in [2.24, 2.45) is 0 Å². The van der Waals surface area contributed by atoms with Crippen LogP contribution in [0.1, 0.15) is 0 Å². The van der Waals surface area contributed by atoms with Crippen LogP contribution in [-0.4, -0.2) is 4.98 Å². The molecule has 45 heavy (non-hydrogen) atoms. The molecule has 9 rings (SSSR count). The molecule has 0 amide bonds. The van der Waals surface area contributed by atoms with E-state index in [1.807, 2.05) is 6.07 Å². The SMILES string of the molecule is c1ccc(-c2cc(-c3ccccc3)nc(-c3cccc4oc5ccc(-c6ccc7c(ccc8ccccc87)c6)cc5c34)c2)cc1. The number of hydrogen-bond acceptors (Lipinski definition) is 2. The van der Waals surface area contributed by atoms with Crippen LogP contribution in [0.5, 0.6) is 0 Å². The molecular weight excluding hydrogens is 546 g/mol. The summed E-state index contributed by atoms with van der Waals surface area (Å²) >= 11 is 0. The van der Waals surface area contributed by atoms with Gasteiger partial charge in [-0.15, -0.1) is 0 Å². The van der Waals surface area contributed by atoms with E-state index >= 15 is 0 Å². The predicted octanol–water partition coefficient (Wildman–Crippen LogP) is 12.0. The fourth-order valence-corrected chi connectivity index (χ4v) is 6.64. The monoisotopic (exact) mass is 573 g/mol. The molecule has 2 aromatic heterocycles. The lowest BCUT2D eigenvalue weighted by molar-refractivity contribution is 0.669. The van der Waals surface area contributed by atoms with Crippen LogP contribution >= 0.6 is 0 Å². The molecule has 9 aromatic rings. The van der Waals surface area contributed by atoms with Crippen molar-refractivity contribution in [2.45, 2.75) is 0 Å². The predicted molar refractivity (Wildman–Crippen MR) is 188 cm³/mol. The van der Waals surface area contributed by atoms with Gasteiger partial charge < -0.3 is 4.42 Å². The first-order valence-corrected chi connectivity index (χ1v) is 15.3. The van der Waals surface area contributed by atoms with Gasteiger partial charge in [0.15, 0.2) is 0 Å². The topological polar surface area (TPSA) is 26.0 Å². The van der Waals surface area contributed by atoms with E-state index in [1.165, 1.54) is 27.1 Å². The summed E-state index contributed by atoms with van der Waals surface area (Å²) in [6, 6.07) is 57.9. The highest BCUT2D eigenvalue weighted by molar-refractivity contribution is 6.14. The van der Waals surface area contributed by atoms with Crippen molar-refractivity contribution in [3.63, 3.8) is 0 Å². The summed E-state index contributed by atoms with van der Waals surface area (Å²) in [4.78, 5) is 5.23. The third kappa shape index (κ3) is 4.39. The van der Waals surface area contributed by atoms with E-state index in [0.717, 1.165) is 61.1 Å². The van der Waals surface area contributed by atoms with Gasteiger partial charge in [0.2, 0.25) is 0 Å². The molecular formula is C43H27NO. The Bertz CT molecular complexity index is 2470. The lowest BCUT2D eigenvalue weighted by Crippen LogP contribution is -1.91. The van der Waals surface area contributed by atoms with Crippen molar-refractivity contribution >= 4 is 43.5 Å². The number of aromatic nitrogens is 1. The molecule has 2 nitrogen and oxygen atoms in total. The molecule has 0 saturated carbocycles. The third-order valence-electron chi connectivity index (χ3n) is 8.85. The van der Waals surface area contributed by atoms with E-state index in [-0.39, 0.29) is 0 Å². The smallest absolute Gasteiger partial charge is 0.136 e. The lowest BCUT2D eigenvalue weighted by atomic mass is 9.95. The molecule has 0 radical (unpaired) electrons. The minimum atomic E-state index is 0.859. The van der Waals surface area contributed by atoms with Gasteiger partial charge in [0, 0.05) is 21.9 Å². The number of fused-ring (bicyclic) bond motifs is 6. The Morgan fingerprint density at radius 1 is 0.356 bits per heavy atom. The fraction of sp³-hybridized carbons (Fsp3) is 0. The molecule has 0 N–H and O–H groups in total. The highest BCUT2D eigenvalue weighted by Crippen LogP contribution is 2.40. The van der Waals surface area contributed by atoms with Crippen molar-refractivity contribution in [3.05, 3.63) is 164 Å². The second-order valence-electron chi connectivity index (χ2n) is 11.6. The molecule has 0 fully saturated rings. The molecule has 0 saturated heterocycles. The number of benzene rings is 7. The first kappa shape index (κ1) is 25.5. The summed E-state index contributed by atoms with van der Waals surface area (Å²) in [7, 11) is 0. The molecule has 210 valence electrons. The van der Waals surface area contributed by atoms with Gasteiger partial charge in [0.1, 0.15) is 11.2 Å². The van der Waals surface area contributed by atoms with Gasteiger partial charge >= 0.3 is 0 Å². The van der Waals surface area contributed by atoms with Gasteiger partial charge in [0.05, 0.1) is 11.4 Å². The van der Waals surface area contributed by atoms with E-state index in [4.69, 9.17) is 9.40 Å². The maximum atomic E-state index is 6.43. The van der Waals surface area contributed by atoms with E-state index in [9.17, 15) is 0 Å². The summed E-state index contributed by atoms with van der Waals surface area (Å²) in [6.07, 6.45) is 0. The van der Waals surface area contributed by atoms with E-state index in [2.05, 4.69) is 158 Å². The Balaban J connectivity index is 1.24. The minimum Gasteiger partial charge on any atom is -0.456 e. The minimum absolute atomic E-state index is 0.859. The van der Waals surface area contributed by atoms with Gasteiger partial charge in [-0.3, -0.25) is 0 Å². The Labute approximate surface area is 260 Å². The van der Waals surface area contributed by atoms with Crippen molar-refractivity contribution in [3.8, 4) is 44.8 Å². The third-order valence-corrected chi connectivity index (χ3v) is 8.85. The zero-order valence-electron chi connectivity index (χ0n) is 24.4. The van der Waals surface area contributed by atoms with E-state index < -0.39 is 0 Å². The highest BCUT2D eigenvalue weighted by atomic mass is 16.3. The van der Waals surface area contributed by atoms with Crippen LogP contribution in [0.2, 0.25) is 0 Å². The summed E-state index contributed by atoms with van der Waals surface area (Å²) in [6.45, 7) is 0. The van der Waals surface area contributed by atoms with Crippen molar-refractivity contribution in [1.82, 2.24) is 4.98 Å². The standard InChI is InChI=1S/C43H27NO/c1-3-10-28(11-4-1)34-26-39(30-13-5-2-6-14-30)44-40(27-34)37-16-9-17-42-43(37)38-25-32(21-23-41(38)45-42)31-20-22-36-33(24-31)19-18-29-12-7-8-15-35(29)36/h1-27H. The first-order chi connectivity index (χ1) is 22.3. The van der Waals surface area contributed by atoms with Crippen LogP contribution in [0.15, 0.2) is 168 Å². The highest BCUT2D eigenvalue weighted by Gasteiger charge is 2.17. The van der Waals surface area contributed by atoms with Gasteiger partial charge in [-0.1, -0.05) is 127 Å². The molecule has 2 heteroatoms. The summed E-state index contributed by atoms with van der Waals surface area (Å²) in [5, 5.41) is 7.22. The average Bonchev–Trinajstić information content (AvgIpc) is 3.50. The average molecular weight is 574 g/mol. The molecule has 0 atom stereocenters. The van der Waals surface area contributed by atoms with Crippen LogP contribution in [0, 0.1) is 0 Å². The molecule has 2 heterocycles. The Morgan fingerprint density at radius 3 is 1.91 bits per heavy atom. The molecule has 0 aliphatic heterocycles. The Morgan fingerprint density at radius 2 is 1.04 bits per heavy atom. The second kappa shape index (κ2) is 10.3. The summed E-state index contributed by atoms with van der Waals surface area (Å²) < 4.78 is 6.43. The van der Waals surface area contributed by atoms with Crippen molar-refractivity contribution in [2.75, 3.05) is 0 Å². The van der Waals surface area contributed by atoms with Crippen LogP contribution in [0.25, 0.3) is 88.3 Å². The van der Waals surface area contributed by atoms with Crippen molar-refractivity contribution < 1.29 is 4.42 Å². The molecule has 7 aromatic carbocycles. The lowest BCUT2D eigenvalue weighted by Gasteiger charge is -2.11. The van der Waals surface area contributed by atoms with Gasteiger partial charge in [-0.25, -0.2) is 4.98 Å².